The molecule has 3 aromatic heterocycles. The van der Waals surface area contributed by atoms with Gasteiger partial charge in [-0.25, -0.2) is 14.6 Å². The van der Waals surface area contributed by atoms with Crippen molar-refractivity contribution in [3.05, 3.63) is 75.3 Å². The summed E-state index contributed by atoms with van der Waals surface area (Å²) in [6, 6.07) is 5.12. The number of aromatic nitrogens is 4. The van der Waals surface area contributed by atoms with Gasteiger partial charge < -0.3 is 20.1 Å². The zero-order valence-electron chi connectivity index (χ0n) is 22.3. The van der Waals surface area contributed by atoms with Crippen LogP contribution in [0.3, 0.4) is 0 Å². The molecule has 1 fully saturated rings. The Kier molecular flexibility index (Phi) is 9.10. The SMILES string of the molecule is C=CNC.CCC(C)=C(C)c1cc(NC(=O)N2CCC(n3c(=O)[nH]c4ncccc43)CC2)c(=O)n(C)c1. The Morgan fingerprint density at radius 1 is 1.27 bits per heavy atom. The molecule has 2 amide bonds. The molecule has 198 valence electrons. The summed E-state index contributed by atoms with van der Waals surface area (Å²) in [7, 11) is 3.50. The first-order chi connectivity index (χ1) is 17.7. The van der Waals surface area contributed by atoms with Gasteiger partial charge in [0.15, 0.2) is 5.65 Å². The average Bonchev–Trinajstić information content (AvgIpc) is 3.25. The minimum absolute atomic E-state index is 0.0134. The molecule has 1 saturated heterocycles. The first-order valence-electron chi connectivity index (χ1n) is 12.5. The third-order valence-corrected chi connectivity index (χ3v) is 6.84. The van der Waals surface area contributed by atoms with Crippen LogP contribution in [-0.4, -0.2) is 50.2 Å². The Bertz CT molecular complexity index is 1410. The zero-order valence-corrected chi connectivity index (χ0v) is 22.3. The van der Waals surface area contributed by atoms with Gasteiger partial charge in [0.05, 0.1) is 5.52 Å². The highest BCUT2D eigenvalue weighted by molar-refractivity contribution is 5.89. The lowest BCUT2D eigenvalue weighted by molar-refractivity contribution is 0.184. The maximum Gasteiger partial charge on any atom is 0.327 e. The number of hydrogen-bond acceptors (Lipinski definition) is 5. The Morgan fingerprint density at radius 2 is 1.95 bits per heavy atom. The van der Waals surface area contributed by atoms with E-state index in [9.17, 15) is 14.4 Å². The summed E-state index contributed by atoms with van der Waals surface area (Å²) in [5.74, 6) is 0. The fourth-order valence-electron chi connectivity index (χ4n) is 4.36. The summed E-state index contributed by atoms with van der Waals surface area (Å²) in [4.78, 5) is 46.7. The molecule has 3 N–H and O–H groups in total. The minimum Gasteiger partial charge on any atom is -0.394 e. The monoisotopic (exact) mass is 507 g/mol. The number of piperidine rings is 1. The summed E-state index contributed by atoms with van der Waals surface area (Å²) < 4.78 is 3.24. The molecule has 0 spiro atoms. The van der Waals surface area contributed by atoms with Gasteiger partial charge in [-0.2, -0.15) is 0 Å². The molecule has 0 saturated carbocycles. The molecule has 0 radical (unpaired) electrons. The Hall–Kier alpha value is -4.08. The van der Waals surface area contributed by atoms with Crippen LogP contribution in [0, 0.1) is 0 Å². The minimum atomic E-state index is -0.301. The number of H-pyrrole nitrogens is 1. The van der Waals surface area contributed by atoms with Crippen LogP contribution in [0.25, 0.3) is 16.7 Å². The molecule has 0 aliphatic carbocycles. The van der Waals surface area contributed by atoms with E-state index in [0.717, 1.165) is 23.1 Å². The standard InChI is InChI=1S/C24H30N6O3.C3H7N/c1-5-15(2)16(3)17-13-19(22(31)28(4)14-17)26-23(32)29-11-8-18(9-12-29)30-20-7-6-10-25-21(20)27-24(30)33;1-3-4-2/h6-7,10,13-14,18H,5,8-9,11-12H2,1-4H3,(H,26,32)(H,25,27,33);3-4H,1H2,2H3. The number of nitrogens with zero attached hydrogens (tertiary/aromatic N) is 4. The molecule has 0 unspecified atom stereocenters. The highest BCUT2D eigenvalue weighted by Gasteiger charge is 2.26. The van der Waals surface area contributed by atoms with E-state index in [1.165, 1.54) is 10.1 Å². The highest BCUT2D eigenvalue weighted by Crippen LogP contribution is 2.25. The fraction of sp³-hybridized carbons (Fsp3) is 0.407. The quantitative estimate of drug-likeness (QED) is 0.485. The molecule has 10 nitrogen and oxygen atoms in total. The molecular formula is C27H37N7O3. The number of nitrogens with one attached hydrogen (secondary N) is 3. The number of carbonyl (C=O) groups is 1. The topological polar surface area (TPSA) is 117 Å². The number of urea groups is 1. The molecular weight excluding hydrogens is 470 g/mol. The summed E-state index contributed by atoms with van der Waals surface area (Å²) in [6.45, 7) is 10.5. The number of likely N-dealkylation sites (tertiary alicyclic amines) is 1. The lowest BCUT2D eigenvalue weighted by Gasteiger charge is -2.32. The van der Waals surface area contributed by atoms with Crippen LogP contribution in [0.15, 0.2) is 58.5 Å². The molecule has 1 aliphatic rings. The highest BCUT2D eigenvalue weighted by atomic mass is 16.2. The molecule has 0 aromatic carbocycles. The predicted octanol–water partition coefficient (Wildman–Crippen LogP) is 3.85. The van der Waals surface area contributed by atoms with Crippen LogP contribution in [0.2, 0.25) is 0 Å². The van der Waals surface area contributed by atoms with Crippen molar-refractivity contribution < 1.29 is 4.79 Å². The molecule has 37 heavy (non-hydrogen) atoms. The van der Waals surface area contributed by atoms with Gasteiger partial charge in [0.25, 0.3) is 5.56 Å². The zero-order chi connectivity index (χ0) is 27.1. The Balaban J connectivity index is 0.000000886. The number of aromatic amines is 1. The van der Waals surface area contributed by atoms with Crippen molar-refractivity contribution in [1.29, 1.82) is 0 Å². The largest absolute Gasteiger partial charge is 0.394 e. The Morgan fingerprint density at radius 3 is 2.57 bits per heavy atom. The van der Waals surface area contributed by atoms with Crippen LogP contribution in [0.4, 0.5) is 10.5 Å². The number of pyridine rings is 2. The molecule has 1 aliphatic heterocycles. The summed E-state index contributed by atoms with van der Waals surface area (Å²) in [5.41, 5.74) is 4.43. The lowest BCUT2D eigenvalue weighted by Crippen LogP contribution is -2.43. The number of aryl methyl sites for hydroxylation is 1. The van der Waals surface area contributed by atoms with Gasteiger partial charge in [0.1, 0.15) is 5.69 Å². The van der Waals surface area contributed by atoms with Crippen LogP contribution in [0.1, 0.15) is 51.6 Å². The number of fused-ring (bicyclic) bond motifs is 1. The van der Waals surface area contributed by atoms with Gasteiger partial charge in [-0.3, -0.25) is 14.3 Å². The average molecular weight is 508 g/mol. The van der Waals surface area contributed by atoms with Crippen LogP contribution < -0.4 is 21.9 Å². The van der Waals surface area contributed by atoms with Gasteiger partial charge in [-0.05, 0) is 68.6 Å². The lowest BCUT2D eigenvalue weighted by atomic mass is 10.0. The molecule has 4 heterocycles. The first-order valence-corrected chi connectivity index (χ1v) is 12.5. The van der Waals surface area contributed by atoms with Gasteiger partial charge in [0, 0.05) is 45.6 Å². The molecule has 4 rings (SSSR count). The van der Waals surface area contributed by atoms with E-state index in [2.05, 4.69) is 41.0 Å². The van der Waals surface area contributed by atoms with E-state index in [0.29, 0.717) is 31.6 Å². The van der Waals surface area contributed by atoms with Crippen molar-refractivity contribution >= 4 is 28.5 Å². The summed E-state index contributed by atoms with van der Waals surface area (Å²) >= 11 is 0. The smallest absolute Gasteiger partial charge is 0.327 e. The number of anilines is 1. The van der Waals surface area contributed by atoms with Crippen molar-refractivity contribution in [2.24, 2.45) is 7.05 Å². The number of imidazole rings is 1. The molecule has 0 atom stereocenters. The fourth-order valence-corrected chi connectivity index (χ4v) is 4.36. The van der Waals surface area contributed by atoms with Gasteiger partial charge in [-0.1, -0.05) is 19.1 Å². The van der Waals surface area contributed by atoms with E-state index in [1.54, 1.807) is 41.2 Å². The second-order valence-corrected chi connectivity index (χ2v) is 9.13. The second-order valence-electron chi connectivity index (χ2n) is 9.13. The van der Waals surface area contributed by atoms with E-state index in [1.807, 2.05) is 26.1 Å². The number of rotatable bonds is 5. The number of amides is 2. The van der Waals surface area contributed by atoms with E-state index >= 15 is 0 Å². The van der Waals surface area contributed by atoms with Gasteiger partial charge >= 0.3 is 11.7 Å². The van der Waals surface area contributed by atoms with E-state index in [-0.39, 0.29) is 29.0 Å². The second kappa shape index (κ2) is 12.2. The van der Waals surface area contributed by atoms with Gasteiger partial charge in [0.2, 0.25) is 0 Å². The normalized spacial score (nSPS) is 14.5. The third kappa shape index (κ3) is 6.19. The van der Waals surface area contributed by atoms with Gasteiger partial charge in [-0.15, -0.1) is 0 Å². The maximum atomic E-state index is 12.9. The number of hydrogen-bond donors (Lipinski definition) is 3. The van der Waals surface area contributed by atoms with Crippen molar-refractivity contribution in [3.8, 4) is 0 Å². The van der Waals surface area contributed by atoms with E-state index in [4.69, 9.17) is 0 Å². The molecule has 10 heteroatoms. The molecule has 3 aromatic rings. The van der Waals surface area contributed by atoms with Crippen LogP contribution in [0.5, 0.6) is 0 Å². The Labute approximate surface area is 216 Å². The van der Waals surface area contributed by atoms with Crippen molar-refractivity contribution in [1.82, 2.24) is 29.3 Å². The first kappa shape index (κ1) is 27.5. The summed E-state index contributed by atoms with van der Waals surface area (Å²) in [5, 5.41) is 5.50. The van der Waals surface area contributed by atoms with Crippen LogP contribution >= 0.6 is 0 Å². The third-order valence-electron chi connectivity index (χ3n) is 6.84. The maximum absolute atomic E-state index is 12.9. The van der Waals surface area contributed by atoms with Crippen molar-refractivity contribution in [2.45, 2.75) is 46.1 Å². The molecule has 0 bridgehead atoms. The number of allylic oxidation sites excluding steroid dienone is 2. The number of carbonyl (C=O) groups excluding carboxylic acids is 1. The van der Waals surface area contributed by atoms with Crippen LogP contribution in [-0.2, 0) is 7.05 Å². The van der Waals surface area contributed by atoms with E-state index < -0.39 is 0 Å². The van der Waals surface area contributed by atoms with Crippen molar-refractivity contribution in [3.63, 3.8) is 0 Å². The predicted molar refractivity (Wildman–Crippen MR) is 149 cm³/mol. The summed E-state index contributed by atoms with van der Waals surface area (Å²) in [6.07, 6.45) is 7.28. The van der Waals surface area contributed by atoms with Crippen molar-refractivity contribution in [2.75, 3.05) is 25.5 Å².